The van der Waals surface area contributed by atoms with Crippen molar-refractivity contribution in [3.05, 3.63) is 35.6 Å². The number of hydrogen-bond acceptors (Lipinski definition) is 2. The predicted octanol–water partition coefficient (Wildman–Crippen LogP) is 3.21. The molecule has 1 aliphatic heterocycles. The Kier molecular flexibility index (Phi) is 6.67. The molecule has 0 radical (unpaired) electrons. The van der Waals surface area contributed by atoms with E-state index in [1.165, 1.54) is 57.5 Å². The molecule has 0 saturated carbocycles. The summed E-state index contributed by atoms with van der Waals surface area (Å²) in [5.41, 5.74) is 0.392. The summed E-state index contributed by atoms with van der Waals surface area (Å²) in [6.07, 6.45) is 7.35. The number of amides is 1. The molecular weight excluding hydrogens is 267 g/mol. The van der Waals surface area contributed by atoms with Gasteiger partial charge in [0.05, 0.1) is 0 Å². The molecule has 1 amide bonds. The second-order valence-corrected chi connectivity index (χ2v) is 5.73. The normalized spacial score (nSPS) is 15.9. The third kappa shape index (κ3) is 5.84. The van der Waals surface area contributed by atoms with Crippen LogP contribution < -0.4 is 5.32 Å². The average Bonchev–Trinajstić information content (AvgIpc) is 2.51. The molecule has 2 rings (SSSR count). The van der Waals surface area contributed by atoms with Gasteiger partial charge in [-0.15, -0.1) is 0 Å². The Balaban J connectivity index is 1.54. The summed E-state index contributed by atoms with van der Waals surface area (Å²) in [6.45, 7) is 4.33. The first-order valence-corrected chi connectivity index (χ1v) is 8.02. The van der Waals surface area contributed by atoms with E-state index in [1.54, 1.807) is 12.1 Å². The number of likely N-dealkylation sites (tertiary alicyclic amines) is 1. The predicted molar refractivity (Wildman–Crippen MR) is 82.9 cm³/mol. The minimum Gasteiger partial charge on any atom is -0.352 e. The smallest absolute Gasteiger partial charge is 0.251 e. The molecule has 1 aliphatic rings. The molecule has 0 bridgehead atoms. The fourth-order valence-corrected chi connectivity index (χ4v) is 2.75. The number of carbonyl (C=O) groups excluding carboxylic acids is 1. The average molecular weight is 292 g/mol. The maximum absolute atomic E-state index is 13.0. The topological polar surface area (TPSA) is 32.3 Å². The van der Waals surface area contributed by atoms with E-state index in [0.717, 1.165) is 12.8 Å². The number of nitrogens with one attached hydrogen (secondary N) is 1. The summed E-state index contributed by atoms with van der Waals surface area (Å²) < 4.78 is 13.0. The molecule has 116 valence electrons. The van der Waals surface area contributed by atoms with Gasteiger partial charge in [-0.3, -0.25) is 4.79 Å². The zero-order chi connectivity index (χ0) is 14.9. The lowest BCUT2D eigenvalue weighted by atomic mass is 10.1. The SMILES string of the molecule is O=C(NCCCCCN1CCCCC1)c1cccc(F)c1. The highest BCUT2D eigenvalue weighted by molar-refractivity contribution is 5.94. The molecule has 0 unspecified atom stereocenters. The van der Waals surface area contributed by atoms with E-state index in [-0.39, 0.29) is 11.7 Å². The first-order chi connectivity index (χ1) is 10.3. The van der Waals surface area contributed by atoms with Crippen LogP contribution in [-0.4, -0.2) is 37.0 Å². The first kappa shape index (κ1) is 16.0. The largest absolute Gasteiger partial charge is 0.352 e. The van der Waals surface area contributed by atoms with E-state index in [2.05, 4.69) is 10.2 Å². The highest BCUT2D eigenvalue weighted by atomic mass is 19.1. The van der Waals surface area contributed by atoms with Crippen LogP contribution >= 0.6 is 0 Å². The molecule has 0 aliphatic carbocycles. The molecule has 3 nitrogen and oxygen atoms in total. The second kappa shape index (κ2) is 8.78. The molecule has 1 fully saturated rings. The Morgan fingerprint density at radius 2 is 1.95 bits per heavy atom. The van der Waals surface area contributed by atoms with Crippen molar-refractivity contribution in [1.29, 1.82) is 0 Å². The highest BCUT2D eigenvalue weighted by Crippen LogP contribution is 2.09. The fraction of sp³-hybridized carbons (Fsp3) is 0.588. The van der Waals surface area contributed by atoms with Crippen LogP contribution in [0.5, 0.6) is 0 Å². The highest BCUT2D eigenvalue weighted by Gasteiger charge is 2.09. The van der Waals surface area contributed by atoms with Crippen LogP contribution in [0.15, 0.2) is 24.3 Å². The van der Waals surface area contributed by atoms with Crippen LogP contribution in [0, 0.1) is 5.82 Å². The van der Waals surface area contributed by atoms with Gasteiger partial charge in [-0.05, 0) is 63.5 Å². The number of rotatable bonds is 7. The summed E-state index contributed by atoms with van der Waals surface area (Å²) in [7, 11) is 0. The molecule has 21 heavy (non-hydrogen) atoms. The summed E-state index contributed by atoms with van der Waals surface area (Å²) >= 11 is 0. The molecule has 1 aromatic rings. The Hall–Kier alpha value is -1.42. The van der Waals surface area contributed by atoms with Gasteiger partial charge in [0.15, 0.2) is 0 Å². The molecule has 1 saturated heterocycles. The van der Waals surface area contributed by atoms with Gasteiger partial charge in [0, 0.05) is 12.1 Å². The van der Waals surface area contributed by atoms with Crippen molar-refractivity contribution in [2.24, 2.45) is 0 Å². The third-order valence-corrected chi connectivity index (χ3v) is 3.97. The van der Waals surface area contributed by atoms with Gasteiger partial charge < -0.3 is 10.2 Å². The number of carbonyl (C=O) groups is 1. The molecule has 4 heteroatoms. The summed E-state index contributed by atoms with van der Waals surface area (Å²) in [5, 5.41) is 2.85. The van der Waals surface area contributed by atoms with Crippen molar-refractivity contribution >= 4 is 5.91 Å². The summed E-state index contributed by atoms with van der Waals surface area (Å²) in [5.74, 6) is -0.560. The van der Waals surface area contributed by atoms with Crippen LogP contribution in [0.4, 0.5) is 4.39 Å². The van der Waals surface area contributed by atoms with E-state index < -0.39 is 0 Å². The van der Waals surface area contributed by atoms with Crippen LogP contribution in [0.1, 0.15) is 48.9 Å². The lowest BCUT2D eigenvalue weighted by Crippen LogP contribution is -2.30. The number of halogens is 1. The Morgan fingerprint density at radius 1 is 1.14 bits per heavy atom. The lowest BCUT2D eigenvalue weighted by molar-refractivity contribution is 0.0952. The Labute approximate surface area is 126 Å². The standard InChI is InChI=1S/C17H25FN2O/c18-16-9-7-8-15(14-16)17(21)19-10-3-1-4-11-20-12-5-2-6-13-20/h7-9,14H,1-6,10-13H2,(H,19,21). The van der Waals surface area contributed by atoms with Crippen molar-refractivity contribution in [3.63, 3.8) is 0 Å². The van der Waals surface area contributed by atoms with Crippen molar-refractivity contribution < 1.29 is 9.18 Å². The Bertz CT molecular complexity index is 444. The number of nitrogens with zero attached hydrogens (tertiary/aromatic N) is 1. The van der Waals surface area contributed by atoms with Crippen molar-refractivity contribution in [3.8, 4) is 0 Å². The van der Waals surface area contributed by atoms with Crippen LogP contribution in [0.3, 0.4) is 0 Å². The van der Waals surface area contributed by atoms with E-state index >= 15 is 0 Å². The number of piperidine rings is 1. The molecule has 0 atom stereocenters. The molecular formula is C17H25FN2O. The van der Waals surface area contributed by atoms with Crippen LogP contribution in [0.25, 0.3) is 0 Å². The monoisotopic (exact) mass is 292 g/mol. The van der Waals surface area contributed by atoms with Crippen molar-refractivity contribution in [1.82, 2.24) is 10.2 Å². The van der Waals surface area contributed by atoms with Gasteiger partial charge in [0.2, 0.25) is 0 Å². The van der Waals surface area contributed by atoms with Gasteiger partial charge in [-0.25, -0.2) is 4.39 Å². The molecule has 0 aromatic heterocycles. The first-order valence-electron chi connectivity index (χ1n) is 8.02. The number of unbranched alkanes of at least 4 members (excludes halogenated alkanes) is 2. The second-order valence-electron chi connectivity index (χ2n) is 5.73. The minimum absolute atomic E-state index is 0.189. The van der Waals surface area contributed by atoms with Crippen molar-refractivity contribution in [2.45, 2.75) is 38.5 Å². The fourth-order valence-electron chi connectivity index (χ4n) is 2.75. The van der Waals surface area contributed by atoms with Gasteiger partial charge in [-0.1, -0.05) is 18.9 Å². The molecule has 1 heterocycles. The quantitative estimate of drug-likeness (QED) is 0.783. The van der Waals surface area contributed by atoms with E-state index in [4.69, 9.17) is 0 Å². The molecule has 1 aromatic carbocycles. The van der Waals surface area contributed by atoms with Gasteiger partial charge in [-0.2, -0.15) is 0 Å². The third-order valence-electron chi connectivity index (χ3n) is 3.97. The molecule has 1 N–H and O–H groups in total. The lowest BCUT2D eigenvalue weighted by Gasteiger charge is -2.26. The number of benzene rings is 1. The van der Waals surface area contributed by atoms with Crippen LogP contribution in [-0.2, 0) is 0 Å². The number of hydrogen-bond donors (Lipinski definition) is 1. The Morgan fingerprint density at radius 3 is 2.71 bits per heavy atom. The van der Waals surface area contributed by atoms with Gasteiger partial charge in [0.25, 0.3) is 5.91 Å². The summed E-state index contributed by atoms with van der Waals surface area (Å²) in [6, 6.07) is 5.81. The van der Waals surface area contributed by atoms with E-state index in [9.17, 15) is 9.18 Å². The van der Waals surface area contributed by atoms with E-state index in [0.29, 0.717) is 12.1 Å². The summed E-state index contributed by atoms with van der Waals surface area (Å²) in [4.78, 5) is 14.3. The van der Waals surface area contributed by atoms with E-state index in [1.807, 2.05) is 0 Å². The molecule has 0 spiro atoms. The van der Waals surface area contributed by atoms with Gasteiger partial charge >= 0.3 is 0 Å². The maximum atomic E-state index is 13.0. The zero-order valence-electron chi connectivity index (χ0n) is 12.6. The maximum Gasteiger partial charge on any atom is 0.251 e. The minimum atomic E-state index is -0.371. The van der Waals surface area contributed by atoms with Crippen LogP contribution in [0.2, 0.25) is 0 Å². The van der Waals surface area contributed by atoms with Gasteiger partial charge in [0.1, 0.15) is 5.82 Å². The van der Waals surface area contributed by atoms with Crippen molar-refractivity contribution in [2.75, 3.05) is 26.2 Å². The zero-order valence-corrected chi connectivity index (χ0v) is 12.6.